The smallest absolute Gasteiger partial charge is 0.253 e. The Morgan fingerprint density at radius 1 is 0.383 bits per heavy atom. The Morgan fingerprint density at radius 2 is 0.734 bits per heavy atom. The molecule has 5 atom stereocenters. The number of amides is 12. The van der Waals surface area contributed by atoms with E-state index in [0.29, 0.717) is 52.0 Å². The summed E-state index contributed by atoms with van der Waals surface area (Å²) in [5.41, 5.74) is 8.29. The van der Waals surface area contributed by atoms with Crippen molar-refractivity contribution in [2.45, 2.75) is 84.6 Å². The monoisotopic (exact) mass is 1290 g/mol. The lowest BCUT2D eigenvalue weighted by molar-refractivity contribution is -0.128. The molecular formula is C62H72N18O14. The molecule has 0 aliphatic rings. The van der Waals surface area contributed by atoms with Gasteiger partial charge in [-0.25, -0.2) is 0 Å². The first-order valence-corrected chi connectivity index (χ1v) is 29.3. The zero-order chi connectivity index (χ0) is 68.6. The SMILES string of the molecule is CC(=O)NCC(=O)N[C@@H](CC(C)C)C(=O)Nc1ccc(-c2ccc(C(=O)N[C@@H](CO)C(=O)N[C@@H](C)C(=O)Nc3ccc(-c4ccc(C(=O)NCC(=O)N[C@@H](CC(C)C)C(=O)Nc5ccc(-c6ccc(C(=O)N[C@@H](CO)C(=O)NCC(N)=O)cn6)nc5)cn4)nc3)cn2)nc1. The van der Waals surface area contributed by atoms with Crippen molar-refractivity contribution in [3.63, 3.8) is 0 Å². The fourth-order valence-electron chi connectivity index (χ4n) is 8.52. The Bertz CT molecular complexity index is 3690. The summed E-state index contributed by atoms with van der Waals surface area (Å²) in [5, 5.41) is 47.3. The number of aliphatic hydroxyl groups excluding tert-OH is 2. The summed E-state index contributed by atoms with van der Waals surface area (Å²) in [6.07, 6.45) is 8.43. The van der Waals surface area contributed by atoms with Gasteiger partial charge in [0.15, 0.2) is 0 Å². The van der Waals surface area contributed by atoms with E-state index in [4.69, 9.17) is 5.73 Å². The van der Waals surface area contributed by atoms with Crippen molar-refractivity contribution in [2.24, 2.45) is 17.6 Å². The van der Waals surface area contributed by atoms with E-state index in [1.165, 1.54) is 93.5 Å². The van der Waals surface area contributed by atoms with Crippen molar-refractivity contribution >= 4 is 87.9 Å². The second-order valence-electron chi connectivity index (χ2n) is 22.0. The maximum absolute atomic E-state index is 13.4. The zero-order valence-corrected chi connectivity index (χ0v) is 51.9. The molecule has 12 amide bonds. The molecule has 0 saturated carbocycles. The maximum Gasteiger partial charge on any atom is 0.253 e. The second kappa shape index (κ2) is 34.6. The van der Waals surface area contributed by atoms with Gasteiger partial charge >= 0.3 is 0 Å². The Balaban J connectivity index is 0.920. The average molecular weight is 1290 g/mol. The molecule has 6 aromatic heterocycles. The third kappa shape index (κ3) is 22.1. The van der Waals surface area contributed by atoms with Crippen molar-refractivity contribution in [1.82, 2.24) is 72.4 Å². The second-order valence-corrected chi connectivity index (χ2v) is 22.0. The van der Waals surface area contributed by atoms with Gasteiger partial charge in [0.2, 0.25) is 53.2 Å². The molecule has 0 aliphatic heterocycles. The normalized spacial score (nSPS) is 12.4. The van der Waals surface area contributed by atoms with Crippen LogP contribution in [-0.2, 0) is 43.2 Å². The topological polar surface area (TPSA) is 481 Å². The van der Waals surface area contributed by atoms with E-state index in [1.54, 1.807) is 30.3 Å². The molecule has 0 saturated heterocycles. The number of nitrogens with zero attached hydrogens (tertiary/aromatic N) is 6. The van der Waals surface area contributed by atoms with Crippen LogP contribution in [0, 0.1) is 11.8 Å². The number of hydrogen-bond acceptors (Lipinski definition) is 20. The highest BCUT2D eigenvalue weighted by molar-refractivity contribution is 6.02. The summed E-state index contributed by atoms with van der Waals surface area (Å²) < 4.78 is 0. The number of hydrogen-bond donors (Lipinski definition) is 14. The Labute approximate surface area is 538 Å². The lowest BCUT2D eigenvalue weighted by Crippen LogP contribution is -2.53. The van der Waals surface area contributed by atoms with E-state index >= 15 is 0 Å². The van der Waals surface area contributed by atoms with Gasteiger partial charge in [-0.3, -0.25) is 87.4 Å². The fraction of sp³-hybridized carbons (Fsp3) is 0.323. The summed E-state index contributed by atoms with van der Waals surface area (Å²) in [6.45, 7) is 7.39. The van der Waals surface area contributed by atoms with Crippen molar-refractivity contribution in [3.8, 4) is 34.2 Å². The number of carbonyl (C=O) groups is 12. The van der Waals surface area contributed by atoms with Gasteiger partial charge in [-0.2, -0.15) is 0 Å². The highest BCUT2D eigenvalue weighted by Crippen LogP contribution is 2.21. The summed E-state index contributed by atoms with van der Waals surface area (Å²) in [5.74, 6) is -7.80. The lowest BCUT2D eigenvalue weighted by atomic mass is 10.0. The highest BCUT2D eigenvalue weighted by Gasteiger charge is 2.28. The van der Waals surface area contributed by atoms with Crippen LogP contribution in [-0.4, -0.2) is 174 Å². The van der Waals surface area contributed by atoms with Gasteiger partial charge < -0.3 is 74.4 Å². The summed E-state index contributed by atoms with van der Waals surface area (Å²) in [4.78, 5) is 177. The molecule has 0 fully saturated rings. The molecule has 15 N–H and O–H groups in total. The molecule has 494 valence electrons. The van der Waals surface area contributed by atoms with Crippen molar-refractivity contribution in [2.75, 3.05) is 48.8 Å². The third-order valence-electron chi connectivity index (χ3n) is 13.4. The van der Waals surface area contributed by atoms with Gasteiger partial charge in [0.05, 0.1) is 119 Å². The molecule has 0 aliphatic carbocycles. The van der Waals surface area contributed by atoms with Gasteiger partial charge in [0.1, 0.15) is 30.2 Å². The molecule has 0 spiro atoms. The van der Waals surface area contributed by atoms with Crippen LogP contribution in [0.1, 0.15) is 85.5 Å². The first kappa shape index (κ1) is 71.5. The Morgan fingerprint density at radius 3 is 1.06 bits per heavy atom. The molecule has 6 heterocycles. The van der Waals surface area contributed by atoms with Gasteiger partial charge in [0, 0.05) is 25.5 Å². The predicted molar refractivity (Wildman–Crippen MR) is 339 cm³/mol. The molecule has 6 aromatic rings. The van der Waals surface area contributed by atoms with E-state index in [0.717, 1.165) is 0 Å². The first-order valence-electron chi connectivity index (χ1n) is 29.3. The van der Waals surface area contributed by atoms with Crippen molar-refractivity contribution < 1.29 is 67.7 Å². The number of anilines is 3. The number of nitrogens with one attached hydrogen (secondary N) is 11. The largest absolute Gasteiger partial charge is 0.394 e. The van der Waals surface area contributed by atoms with Crippen molar-refractivity contribution in [3.05, 3.63) is 127 Å². The number of rotatable bonds is 31. The average Bonchev–Trinajstić information content (AvgIpc) is 0.881. The molecule has 32 nitrogen and oxygen atoms in total. The zero-order valence-electron chi connectivity index (χ0n) is 51.9. The first-order chi connectivity index (χ1) is 44.8. The molecule has 0 aromatic carbocycles. The van der Waals surface area contributed by atoms with Crippen LogP contribution in [0.3, 0.4) is 0 Å². The molecule has 94 heavy (non-hydrogen) atoms. The van der Waals surface area contributed by atoms with E-state index in [-0.39, 0.29) is 53.1 Å². The molecule has 32 heteroatoms. The van der Waals surface area contributed by atoms with Crippen LogP contribution in [0.2, 0.25) is 0 Å². The number of aliphatic hydroxyl groups is 2. The highest BCUT2D eigenvalue weighted by atomic mass is 16.3. The molecule has 6 rings (SSSR count). The predicted octanol–water partition coefficient (Wildman–Crippen LogP) is -0.511. The van der Waals surface area contributed by atoms with Crippen LogP contribution >= 0.6 is 0 Å². The van der Waals surface area contributed by atoms with E-state index in [1.807, 2.05) is 27.7 Å². The quantitative estimate of drug-likeness (QED) is 0.0261. The lowest BCUT2D eigenvalue weighted by Gasteiger charge is -2.20. The van der Waals surface area contributed by atoms with Crippen molar-refractivity contribution in [1.29, 1.82) is 0 Å². The fourth-order valence-corrected chi connectivity index (χ4v) is 8.52. The number of nitrogens with two attached hydrogens (primary N) is 1. The number of primary amides is 1. The standard InChI is InChI=1S/C62H72N18O14/c1-32(2)19-48(77-53(85)28-64-35(6)83)60(92)75-40-11-17-47(69-25-40)44-15-9-38(23-67-44)58(90)80-51(31-82)62(94)73-34(5)55(87)74-39-10-16-45(68-24-39)42-13-7-36(21-65-42)56(88)72-29-54(86)78-49(20-33(3)4)61(93)76-41-12-18-46(70-26-41)43-14-8-37(22-66-43)57(89)79-50(30-81)59(91)71-27-52(63)84/h7-18,21-26,32-34,48-51,81-82H,19-20,27-31H2,1-6H3,(H2,63,84)(H,64,83)(H,71,91)(H,72,88)(H,73,94)(H,74,87)(H,75,92)(H,76,93)(H,77,85)(H,78,86)(H,79,89)(H,80,90)/t34-,48-,49-,50-,51-/m0/s1. The van der Waals surface area contributed by atoms with E-state index in [2.05, 4.69) is 88.4 Å². The number of pyridine rings is 6. The number of carbonyl (C=O) groups excluding carboxylic acids is 12. The summed E-state index contributed by atoms with van der Waals surface area (Å²) >= 11 is 0. The summed E-state index contributed by atoms with van der Waals surface area (Å²) in [7, 11) is 0. The minimum absolute atomic E-state index is 0.0295. The number of aromatic nitrogens is 6. The van der Waals surface area contributed by atoms with Crippen LogP contribution in [0.4, 0.5) is 17.1 Å². The Kier molecular flexibility index (Phi) is 26.3. The van der Waals surface area contributed by atoms with Gasteiger partial charge in [-0.1, -0.05) is 27.7 Å². The van der Waals surface area contributed by atoms with Crippen LogP contribution < -0.4 is 64.2 Å². The minimum atomic E-state index is -1.46. The minimum Gasteiger partial charge on any atom is -0.394 e. The van der Waals surface area contributed by atoms with Gasteiger partial charge in [-0.15, -0.1) is 0 Å². The maximum atomic E-state index is 13.4. The van der Waals surface area contributed by atoms with Crippen LogP contribution in [0.5, 0.6) is 0 Å². The molecular weight excluding hydrogens is 1220 g/mol. The van der Waals surface area contributed by atoms with Gasteiger partial charge in [0.25, 0.3) is 17.7 Å². The van der Waals surface area contributed by atoms with Gasteiger partial charge in [-0.05, 0) is 104 Å². The van der Waals surface area contributed by atoms with E-state index in [9.17, 15) is 67.7 Å². The molecule has 0 unspecified atom stereocenters. The third-order valence-corrected chi connectivity index (χ3v) is 13.4. The van der Waals surface area contributed by atoms with E-state index < -0.39 is 121 Å². The Hall–Kier alpha value is -11.5. The summed E-state index contributed by atoms with van der Waals surface area (Å²) in [6, 6.07) is 12.3. The van der Waals surface area contributed by atoms with Crippen LogP contribution in [0.25, 0.3) is 34.2 Å². The molecule has 0 bridgehead atoms. The van der Waals surface area contributed by atoms with Crippen LogP contribution in [0.15, 0.2) is 110 Å². The molecule has 0 radical (unpaired) electrons.